The van der Waals surface area contributed by atoms with Crippen molar-refractivity contribution < 1.29 is 9.47 Å². The standard InChI is InChI=1S/C22H27N3O2S/c1-17(22-23-20-5-3-4-6-21(20)28-22)25-13-11-24(12-14-25)15-16-27-19-9-7-18(26-2)8-10-19/h3-10,17H,11-16H2,1-2H3/t17-/m0/s1. The number of ether oxygens (including phenoxy) is 2. The van der Waals surface area contributed by atoms with Gasteiger partial charge in [0.15, 0.2) is 0 Å². The molecule has 0 amide bonds. The number of para-hydroxylation sites is 1. The second-order valence-corrected chi connectivity index (χ2v) is 8.16. The molecule has 28 heavy (non-hydrogen) atoms. The fraction of sp³-hybridized carbons (Fsp3) is 0.409. The van der Waals surface area contributed by atoms with Crippen LogP contribution in [0.5, 0.6) is 11.5 Å². The van der Waals surface area contributed by atoms with Crippen LogP contribution >= 0.6 is 11.3 Å². The molecule has 1 aliphatic heterocycles. The highest BCUT2D eigenvalue weighted by atomic mass is 32.1. The monoisotopic (exact) mass is 397 g/mol. The van der Waals surface area contributed by atoms with Crippen molar-refractivity contribution in [2.45, 2.75) is 13.0 Å². The van der Waals surface area contributed by atoms with Gasteiger partial charge in [-0.1, -0.05) is 12.1 Å². The number of nitrogens with zero attached hydrogens (tertiary/aromatic N) is 3. The number of hydrogen-bond acceptors (Lipinski definition) is 6. The van der Waals surface area contributed by atoms with E-state index in [0.29, 0.717) is 12.6 Å². The van der Waals surface area contributed by atoms with E-state index in [2.05, 4.69) is 41.0 Å². The van der Waals surface area contributed by atoms with Gasteiger partial charge in [-0.15, -0.1) is 11.3 Å². The van der Waals surface area contributed by atoms with Gasteiger partial charge in [0.25, 0.3) is 0 Å². The van der Waals surface area contributed by atoms with Crippen LogP contribution in [0, 0.1) is 0 Å². The summed E-state index contributed by atoms with van der Waals surface area (Å²) >= 11 is 1.82. The molecule has 3 aromatic rings. The molecule has 0 spiro atoms. The molecule has 1 aromatic heterocycles. The van der Waals surface area contributed by atoms with Crippen molar-refractivity contribution in [2.75, 3.05) is 46.4 Å². The molecule has 4 rings (SSSR count). The summed E-state index contributed by atoms with van der Waals surface area (Å²) in [5.41, 5.74) is 1.11. The highest BCUT2D eigenvalue weighted by molar-refractivity contribution is 7.18. The predicted octanol–water partition coefficient (Wildman–Crippen LogP) is 4.06. The highest BCUT2D eigenvalue weighted by Crippen LogP contribution is 2.29. The zero-order valence-electron chi connectivity index (χ0n) is 16.5. The van der Waals surface area contributed by atoms with E-state index in [-0.39, 0.29) is 0 Å². The Morgan fingerprint density at radius 2 is 1.71 bits per heavy atom. The van der Waals surface area contributed by atoms with Gasteiger partial charge >= 0.3 is 0 Å². The summed E-state index contributed by atoms with van der Waals surface area (Å²) in [6, 6.07) is 16.5. The average Bonchev–Trinajstić information content (AvgIpc) is 3.18. The van der Waals surface area contributed by atoms with Crippen LogP contribution in [0.25, 0.3) is 10.2 Å². The minimum absolute atomic E-state index is 0.370. The Morgan fingerprint density at radius 1 is 1.00 bits per heavy atom. The molecule has 0 N–H and O–H groups in total. The van der Waals surface area contributed by atoms with Gasteiger partial charge in [-0.05, 0) is 43.3 Å². The Labute approximate surface area is 170 Å². The Kier molecular flexibility index (Phi) is 6.10. The van der Waals surface area contributed by atoms with Crippen LogP contribution < -0.4 is 9.47 Å². The van der Waals surface area contributed by atoms with E-state index < -0.39 is 0 Å². The van der Waals surface area contributed by atoms with Gasteiger partial charge in [-0.3, -0.25) is 9.80 Å². The topological polar surface area (TPSA) is 37.8 Å². The van der Waals surface area contributed by atoms with E-state index in [1.807, 2.05) is 35.6 Å². The van der Waals surface area contributed by atoms with E-state index in [1.165, 1.54) is 9.71 Å². The maximum absolute atomic E-state index is 5.87. The van der Waals surface area contributed by atoms with E-state index in [1.54, 1.807) is 7.11 Å². The van der Waals surface area contributed by atoms with Gasteiger partial charge in [0, 0.05) is 32.7 Å². The number of piperazine rings is 1. The Bertz CT molecular complexity index is 855. The first-order valence-corrected chi connectivity index (χ1v) is 10.6. The first-order valence-electron chi connectivity index (χ1n) is 9.81. The van der Waals surface area contributed by atoms with Crippen molar-refractivity contribution in [3.8, 4) is 11.5 Å². The molecular weight excluding hydrogens is 370 g/mol. The summed E-state index contributed by atoms with van der Waals surface area (Å²) in [5.74, 6) is 1.75. The first kappa shape index (κ1) is 19.2. The largest absolute Gasteiger partial charge is 0.497 e. The lowest BCUT2D eigenvalue weighted by Gasteiger charge is -2.37. The Hall–Kier alpha value is -2.15. The smallest absolute Gasteiger partial charge is 0.119 e. The van der Waals surface area contributed by atoms with Crippen LogP contribution in [0.3, 0.4) is 0 Å². The molecule has 0 aliphatic carbocycles. The van der Waals surface area contributed by atoms with Crippen LogP contribution in [0.1, 0.15) is 18.0 Å². The first-order chi connectivity index (χ1) is 13.7. The minimum atomic E-state index is 0.370. The van der Waals surface area contributed by atoms with Crippen LogP contribution in [-0.2, 0) is 0 Å². The molecule has 0 saturated carbocycles. The number of fused-ring (bicyclic) bond motifs is 1. The van der Waals surface area contributed by atoms with Crippen molar-refractivity contribution in [3.05, 3.63) is 53.5 Å². The SMILES string of the molecule is COc1ccc(OCCN2CCN([C@@H](C)c3nc4ccccc4s3)CC2)cc1. The number of methoxy groups -OCH3 is 1. The van der Waals surface area contributed by atoms with Gasteiger partial charge in [0.1, 0.15) is 23.1 Å². The molecule has 148 valence electrons. The summed E-state index contributed by atoms with van der Waals surface area (Å²) in [5, 5.41) is 1.22. The van der Waals surface area contributed by atoms with Gasteiger partial charge in [0.05, 0.1) is 23.4 Å². The zero-order valence-corrected chi connectivity index (χ0v) is 17.3. The van der Waals surface area contributed by atoms with Crippen molar-refractivity contribution in [2.24, 2.45) is 0 Å². The minimum Gasteiger partial charge on any atom is -0.497 e. The third kappa shape index (κ3) is 4.46. The fourth-order valence-electron chi connectivity index (χ4n) is 3.56. The lowest BCUT2D eigenvalue weighted by Crippen LogP contribution is -2.48. The number of aromatic nitrogens is 1. The van der Waals surface area contributed by atoms with Gasteiger partial charge in [-0.2, -0.15) is 0 Å². The van der Waals surface area contributed by atoms with Crippen molar-refractivity contribution in [1.29, 1.82) is 0 Å². The Morgan fingerprint density at radius 3 is 2.43 bits per heavy atom. The van der Waals surface area contributed by atoms with E-state index in [0.717, 1.165) is 49.7 Å². The molecule has 2 aromatic carbocycles. The summed E-state index contributed by atoms with van der Waals surface area (Å²) in [4.78, 5) is 9.85. The second kappa shape index (κ2) is 8.90. The normalized spacial score (nSPS) is 16.9. The molecule has 2 heterocycles. The summed E-state index contributed by atoms with van der Waals surface area (Å²) in [7, 11) is 1.67. The highest BCUT2D eigenvalue weighted by Gasteiger charge is 2.24. The lowest BCUT2D eigenvalue weighted by atomic mass is 10.2. The van der Waals surface area contributed by atoms with Crippen LogP contribution in [0.15, 0.2) is 48.5 Å². The van der Waals surface area contributed by atoms with E-state index >= 15 is 0 Å². The average molecular weight is 398 g/mol. The lowest BCUT2D eigenvalue weighted by molar-refractivity contribution is 0.0917. The maximum atomic E-state index is 5.87. The number of hydrogen-bond donors (Lipinski definition) is 0. The van der Waals surface area contributed by atoms with Crippen molar-refractivity contribution >= 4 is 21.6 Å². The molecule has 0 radical (unpaired) electrons. The molecule has 1 atom stereocenters. The fourth-order valence-corrected chi connectivity index (χ4v) is 4.62. The van der Waals surface area contributed by atoms with E-state index in [9.17, 15) is 0 Å². The molecule has 6 heteroatoms. The third-order valence-corrected chi connectivity index (χ3v) is 6.56. The van der Waals surface area contributed by atoms with Gasteiger partial charge in [-0.25, -0.2) is 4.98 Å². The third-order valence-electron chi connectivity index (χ3n) is 5.36. The number of thiazole rings is 1. The van der Waals surface area contributed by atoms with Crippen LogP contribution in [-0.4, -0.2) is 61.2 Å². The molecule has 1 fully saturated rings. The second-order valence-electron chi connectivity index (χ2n) is 7.10. The molecule has 0 bridgehead atoms. The molecular formula is C22H27N3O2S. The molecule has 5 nitrogen and oxygen atoms in total. The number of benzene rings is 2. The van der Waals surface area contributed by atoms with Gasteiger partial charge in [0.2, 0.25) is 0 Å². The summed E-state index contributed by atoms with van der Waals surface area (Å²) in [6.45, 7) is 8.22. The Balaban J connectivity index is 1.23. The zero-order chi connectivity index (χ0) is 19.3. The van der Waals surface area contributed by atoms with E-state index in [4.69, 9.17) is 14.5 Å². The van der Waals surface area contributed by atoms with Crippen LogP contribution in [0.2, 0.25) is 0 Å². The van der Waals surface area contributed by atoms with Crippen molar-refractivity contribution in [3.63, 3.8) is 0 Å². The number of rotatable bonds is 7. The quantitative estimate of drug-likeness (QED) is 0.601. The van der Waals surface area contributed by atoms with Gasteiger partial charge < -0.3 is 9.47 Å². The summed E-state index contributed by atoms with van der Waals surface area (Å²) in [6.07, 6.45) is 0. The molecule has 0 unspecified atom stereocenters. The predicted molar refractivity (Wildman–Crippen MR) is 115 cm³/mol. The van der Waals surface area contributed by atoms with Crippen molar-refractivity contribution in [1.82, 2.24) is 14.8 Å². The molecule has 1 saturated heterocycles. The van der Waals surface area contributed by atoms with Crippen LogP contribution in [0.4, 0.5) is 0 Å². The maximum Gasteiger partial charge on any atom is 0.119 e. The molecule has 1 aliphatic rings. The summed E-state index contributed by atoms with van der Waals surface area (Å²) < 4.78 is 12.3.